The van der Waals surface area contributed by atoms with Gasteiger partial charge in [-0.2, -0.15) is 0 Å². The van der Waals surface area contributed by atoms with Gasteiger partial charge in [0.05, 0.1) is 6.04 Å². The van der Waals surface area contributed by atoms with E-state index in [0.29, 0.717) is 13.1 Å². The van der Waals surface area contributed by atoms with Gasteiger partial charge < -0.3 is 19.7 Å². The highest BCUT2D eigenvalue weighted by Crippen LogP contribution is 2.18. The number of carbonyl (C=O) groups excluding carboxylic acids is 1. The molecule has 2 aliphatic heterocycles. The van der Waals surface area contributed by atoms with Crippen LogP contribution in [-0.4, -0.2) is 62.9 Å². The van der Waals surface area contributed by atoms with Crippen LogP contribution >= 0.6 is 0 Å². The van der Waals surface area contributed by atoms with Crippen LogP contribution < -0.4 is 5.32 Å². The first-order valence-electron chi connectivity index (χ1n) is 6.34. The van der Waals surface area contributed by atoms with Gasteiger partial charge in [-0.3, -0.25) is 4.79 Å². The van der Waals surface area contributed by atoms with Crippen LogP contribution in [-0.2, 0) is 14.3 Å². The number of ether oxygens (including phenoxy) is 2. The number of amides is 1. The molecule has 2 unspecified atom stereocenters. The fraction of sp³-hybridized carbons (Fsp3) is 0.917. The minimum absolute atomic E-state index is 0.00291. The van der Waals surface area contributed by atoms with E-state index in [0.717, 1.165) is 19.4 Å². The normalized spacial score (nSPS) is 34.0. The van der Waals surface area contributed by atoms with Gasteiger partial charge in [0.2, 0.25) is 5.91 Å². The molecule has 0 radical (unpaired) electrons. The summed E-state index contributed by atoms with van der Waals surface area (Å²) >= 11 is 0. The Kier molecular flexibility index (Phi) is 4.36. The van der Waals surface area contributed by atoms with Gasteiger partial charge in [-0.15, -0.1) is 0 Å². The van der Waals surface area contributed by atoms with Crippen LogP contribution in [0.2, 0.25) is 0 Å². The number of hydrogen-bond acceptors (Lipinski definition) is 4. The molecular formula is C12H22N2O3. The standard InChI is InChI=1S/C12H22N2O3/c1-16-10-7-14(8-11(10)17-2)12(15)9-5-3-4-6-13-9/h9-11,13H,3-8H2,1-2H3/t9-,10?,11?/m1/s1. The average molecular weight is 242 g/mol. The lowest BCUT2D eigenvalue weighted by Gasteiger charge is -2.27. The van der Waals surface area contributed by atoms with E-state index in [4.69, 9.17) is 9.47 Å². The molecule has 0 aromatic carbocycles. The van der Waals surface area contributed by atoms with Gasteiger partial charge in [0.25, 0.3) is 0 Å². The quantitative estimate of drug-likeness (QED) is 0.757. The Bertz CT molecular complexity index is 254. The third-order valence-electron chi connectivity index (χ3n) is 3.74. The molecule has 2 heterocycles. The van der Waals surface area contributed by atoms with Crippen molar-refractivity contribution in [1.82, 2.24) is 10.2 Å². The lowest BCUT2D eigenvalue weighted by Crippen LogP contribution is -2.48. The largest absolute Gasteiger partial charge is 0.377 e. The molecule has 5 heteroatoms. The zero-order valence-corrected chi connectivity index (χ0v) is 10.6. The fourth-order valence-corrected chi connectivity index (χ4v) is 2.66. The molecule has 2 aliphatic rings. The molecule has 1 amide bonds. The first kappa shape index (κ1) is 12.8. The molecule has 98 valence electrons. The summed E-state index contributed by atoms with van der Waals surface area (Å²) in [6.07, 6.45) is 3.27. The third kappa shape index (κ3) is 2.78. The summed E-state index contributed by atoms with van der Waals surface area (Å²) in [6.45, 7) is 2.24. The zero-order chi connectivity index (χ0) is 12.3. The van der Waals surface area contributed by atoms with Crippen LogP contribution in [0.25, 0.3) is 0 Å². The Hall–Kier alpha value is -0.650. The second-order valence-electron chi connectivity index (χ2n) is 4.79. The molecule has 2 fully saturated rings. The molecule has 2 saturated heterocycles. The lowest BCUT2D eigenvalue weighted by molar-refractivity contribution is -0.133. The van der Waals surface area contributed by atoms with Crippen molar-refractivity contribution < 1.29 is 14.3 Å². The number of hydrogen-bond donors (Lipinski definition) is 1. The number of rotatable bonds is 3. The number of piperidine rings is 1. The molecule has 0 saturated carbocycles. The summed E-state index contributed by atoms with van der Waals surface area (Å²) in [6, 6.07) is -0.00291. The van der Waals surface area contributed by atoms with Crippen LogP contribution in [0.1, 0.15) is 19.3 Å². The Balaban J connectivity index is 1.92. The summed E-state index contributed by atoms with van der Waals surface area (Å²) in [5.74, 6) is 0.200. The molecule has 5 nitrogen and oxygen atoms in total. The topological polar surface area (TPSA) is 50.8 Å². The van der Waals surface area contributed by atoms with Gasteiger partial charge in [0.1, 0.15) is 12.2 Å². The van der Waals surface area contributed by atoms with E-state index in [9.17, 15) is 4.79 Å². The number of carbonyl (C=O) groups is 1. The maximum absolute atomic E-state index is 12.3. The van der Waals surface area contributed by atoms with E-state index in [-0.39, 0.29) is 24.2 Å². The molecular weight excluding hydrogens is 220 g/mol. The second-order valence-corrected chi connectivity index (χ2v) is 4.79. The van der Waals surface area contributed by atoms with E-state index >= 15 is 0 Å². The van der Waals surface area contributed by atoms with Crippen molar-refractivity contribution in [3.63, 3.8) is 0 Å². The predicted octanol–water partition coefficient (Wildman–Crippen LogP) is 0.000700. The van der Waals surface area contributed by atoms with Crippen LogP contribution in [0.3, 0.4) is 0 Å². The van der Waals surface area contributed by atoms with Crippen molar-refractivity contribution in [3.8, 4) is 0 Å². The van der Waals surface area contributed by atoms with Gasteiger partial charge in [-0.1, -0.05) is 6.42 Å². The van der Waals surface area contributed by atoms with Crippen molar-refractivity contribution in [3.05, 3.63) is 0 Å². The molecule has 0 aliphatic carbocycles. The molecule has 0 bridgehead atoms. The highest BCUT2D eigenvalue weighted by molar-refractivity contribution is 5.82. The molecule has 2 rings (SSSR count). The molecule has 17 heavy (non-hydrogen) atoms. The van der Waals surface area contributed by atoms with Crippen LogP contribution in [0, 0.1) is 0 Å². The summed E-state index contributed by atoms with van der Waals surface area (Å²) in [5.41, 5.74) is 0. The molecule has 3 atom stereocenters. The third-order valence-corrected chi connectivity index (χ3v) is 3.74. The number of nitrogens with zero attached hydrogens (tertiary/aromatic N) is 1. The van der Waals surface area contributed by atoms with E-state index in [1.165, 1.54) is 6.42 Å². The van der Waals surface area contributed by atoms with Crippen LogP contribution in [0.15, 0.2) is 0 Å². The maximum Gasteiger partial charge on any atom is 0.239 e. The fourth-order valence-electron chi connectivity index (χ4n) is 2.66. The Morgan fingerprint density at radius 2 is 1.82 bits per heavy atom. The Labute approximate surface area is 102 Å². The average Bonchev–Trinajstić information content (AvgIpc) is 2.82. The number of likely N-dealkylation sites (tertiary alicyclic amines) is 1. The first-order chi connectivity index (χ1) is 8.26. The van der Waals surface area contributed by atoms with E-state index in [1.807, 2.05) is 4.90 Å². The minimum Gasteiger partial charge on any atom is -0.377 e. The molecule has 0 aromatic heterocycles. The van der Waals surface area contributed by atoms with E-state index in [2.05, 4.69) is 5.32 Å². The van der Waals surface area contributed by atoms with Crippen molar-refractivity contribution in [1.29, 1.82) is 0 Å². The maximum atomic E-state index is 12.3. The monoisotopic (exact) mass is 242 g/mol. The SMILES string of the molecule is COC1CN(C(=O)[C@H]2CCCCN2)CC1OC. The summed E-state index contributed by atoms with van der Waals surface area (Å²) < 4.78 is 10.7. The number of nitrogens with one attached hydrogen (secondary N) is 1. The van der Waals surface area contributed by atoms with Gasteiger partial charge >= 0.3 is 0 Å². The predicted molar refractivity (Wildman–Crippen MR) is 63.8 cm³/mol. The van der Waals surface area contributed by atoms with E-state index < -0.39 is 0 Å². The smallest absolute Gasteiger partial charge is 0.239 e. The minimum atomic E-state index is -0.00291. The first-order valence-corrected chi connectivity index (χ1v) is 6.34. The molecule has 0 spiro atoms. The summed E-state index contributed by atoms with van der Waals surface area (Å²) in [5, 5.41) is 3.29. The second kappa shape index (κ2) is 5.80. The van der Waals surface area contributed by atoms with Gasteiger partial charge in [-0.25, -0.2) is 0 Å². The van der Waals surface area contributed by atoms with Crippen molar-refractivity contribution >= 4 is 5.91 Å². The lowest BCUT2D eigenvalue weighted by atomic mass is 10.0. The van der Waals surface area contributed by atoms with Gasteiger partial charge in [0, 0.05) is 27.3 Å². The van der Waals surface area contributed by atoms with Crippen molar-refractivity contribution in [2.45, 2.75) is 37.5 Å². The summed E-state index contributed by atoms with van der Waals surface area (Å²) in [7, 11) is 3.34. The van der Waals surface area contributed by atoms with Crippen molar-refractivity contribution in [2.24, 2.45) is 0 Å². The van der Waals surface area contributed by atoms with Crippen LogP contribution in [0.5, 0.6) is 0 Å². The highest BCUT2D eigenvalue weighted by Gasteiger charge is 2.37. The van der Waals surface area contributed by atoms with Gasteiger partial charge in [0.15, 0.2) is 0 Å². The van der Waals surface area contributed by atoms with E-state index in [1.54, 1.807) is 14.2 Å². The number of methoxy groups -OCH3 is 2. The summed E-state index contributed by atoms with van der Waals surface area (Å²) in [4.78, 5) is 14.1. The highest BCUT2D eigenvalue weighted by atomic mass is 16.5. The molecule has 0 aromatic rings. The Morgan fingerprint density at radius 1 is 1.18 bits per heavy atom. The van der Waals surface area contributed by atoms with Gasteiger partial charge in [-0.05, 0) is 19.4 Å². The zero-order valence-electron chi connectivity index (χ0n) is 10.6. The Morgan fingerprint density at radius 3 is 2.29 bits per heavy atom. The molecule has 1 N–H and O–H groups in total. The van der Waals surface area contributed by atoms with Crippen molar-refractivity contribution in [2.75, 3.05) is 33.9 Å². The van der Waals surface area contributed by atoms with Crippen LogP contribution in [0.4, 0.5) is 0 Å².